The fourth-order valence-electron chi connectivity index (χ4n) is 2.56. The van der Waals surface area contributed by atoms with Crippen molar-refractivity contribution in [2.45, 2.75) is 6.54 Å². The fraction of sp³-hybridized carbons (Fsp3) is 0.0500. The van der Waals surface area contributed by atoms with Crippen LogP contribution in [0.4, 0.5) is 0 Å². The molecule has 0 bridgehead atoms. The highest BCUT2D eigenvalue weighted by molar-refractivity contribution is 6.07. The maximum absolute atomic E-state index is 12.2. The lowest BCUT2D eigenvalue weighted by Crippen LogP contribution is -1.92. The van der Waals surface area contributed by atoms with Crippen LogP contribution in [0.5, 0.6) is 0 Å². The third-order valence-corrected chi connectivity index (χ3v) is 3.62. The Bertz CT molecular complexity index is 841. The van der Waals surface area contributed by atoms with Crippen molar-refractivity contribution >= 4 is 22.8 Å². The summed E-state index contributed by atoms with van der Waals surface area (Å²) in [6.45, 7) is 4.54. The molecule has 1 aromatic heterocycles. The molecule has 1 heterocycles. The number of fused-ring (bicyclic) bond motifs is 1. The maximum Gasteiger partial charge on any atom is 0.185 e. The average molecular weight is 287 g/mol. The van der Waals surface area contributed by atoms with Crippen molar-refractivity contribution in [3.05, 3.63) is 90.7 Å². The Kier molecular flexibility index (Phi) is 4.01. The molecule has 22 heavy (non-hydrogen) atoms. The third kappa shape index (κ3) is 2.77. The van der Waals surface area contributed by atoms with Gasteiger partial charge in [-0.3, -0.25) is 4.79 Å². The van der Waals surface area contributed by atoms with E-state index in [1.807, 2.05) is 54.6 Å². The van der Waals surface area contributed by atoms with Crippen molar-refractivity contribution in [1.82, 2.24) is 4.57 Å². The normalized spacial score (nSPS) is 11.1. The summed E-state index contributed by atoms with van der Waals surface area (Å²) < 4.78 is 2.13. The Balaban J connectivity index is 1.95. The maximum atomic E-state index is 12.2. The molecule has 0 aliphatic carbocycles. The molecule has 3 rings (SSSR count). The molecule has 0 amide bonds. The first-order valence-electron chi connectivity index (χ1n) is 7.26. The number of allylic oxidation sites excluding steroid dienone is 2. The highest BCUT2D eigenvalue weighted by Gasteiger charge is 2.06. The quantitative estimate of drug-likeness (QED) is 0.378. The van der Waals surface area contributed by atoms with E-state index >= 15 is 0 Å². The highest BCUT2D eigenvalue weighted by atomic mass is 16.1. The summed E-state index contributed by atoms with van der Waals surface area (Å²) in [4.78, 5) is 12.2. The Morgan fingerprint density at radius 3 is 2.55 bits per heavy atom. The number of nitrogens with zero attached hydrogens (tertiary/aromatic N) is 1. The van der Waals surface area contributed by atoms with Crippen molar-refractivity contribution in [3.8, 4) is 0 Å². The number of benzene rings is 2. The van der Waals surface area contributed by atoms with E-state index in [1.54, 1.807) is 6.08 Å². The average Bonchev–Trinajstić information content (AvgIpc) is 2.92. The van der Waals surface area contributed by atoms with E-state index in [9.17, 15) is 4.79 Å². The molecular formula is C20H17NO. The first-order valence-corrected chi connectivity index (χ1v) is 7.26. The molecule has 2 aromatic carbocycles. The Labute approximate surface area is 130 Å². The summed E-state index contributed by atoms with van der Waals surface area (Å²) in [6.07, 6.45) is 7.45. The molecule has 0 unspecified atom stereocenters. The number of carbonyl (C=O) groups excluding carboxylic acids is 1. The predicted octanol–water partition coefficient (Wildman–Crippen LogP) is 4.72. The van der Waals surface area contributed by atoms with Gasteiger partial charge in [-0.15, -0.1) is 6.58 Å². The van der Waals surface area contributed by atoms with Gasteiger partial charge >= 0.3 is 0 Å². The van der Waals surface area contributed by atoms with Crippen molar-refractivity contribution in [3.63, 3.8) is 0 Å². The van der Waals surface area contributed by atoms with Crippen LogP contribution >= 0.6 is 0 Å². The van der Waals surface area contributed by atoms with Gasteiger partial charge in [0.15, 0.2) is 5.78 Å². The van der Waals surface area contributed by atoms with Crippen molar-refractivity contribution < 1.29 is 4.79 Å². The van der Waals surface area contributed by atoms with Gasteiger partial charge in [0, 0.05) is 34.8 Å². The molecule has 0 aliphatic rings. The first-order chi connectivity index (χ1) is 10.8. The van der Waals surface area contributed by atoms with Gasteiger partial charge in [0.05, 0.1) is 0 Å². The second kappa shape index (κ2) is 6.27. The molecule has 0 spiro atoms. The topological polar surface area (TPSA) is 22.0 Å². The van der Waals surface area contributed by atoms with E-state index in [2.05, 4.69) is 29.5 Å². The van der Waals surface area contributed by atoms with E-state index in [1.165, 1.54) is 0 Å². The van der Waals surface area contributed by atoms with Gasteiger partial charge in [-0.05, 0) is 18.2 Å². The zero-order valence-electron chi connectivity index (χ0n) is 12.3. The molecule has 0 atom stereocenters. The second-order valence-corrected chi connectivity index (χ2v) is 5.11. The summed E-state index contributed by atoms with van der Waals surface area (Å²) >= 11 is 0. The second-order valence-electron chi connectivity index (χ2n) is 5.11. The number of hydrogen-bond acceptors (Lipinski definition) is 1. The number of ketones is 1. The molecular weight excluding hydrogens is 270 g/mol. The van der Waals surface area contributed by atoms with E-state index < -0.39 is 0 Å². The molecule has 0 radical (unpaired) electrons. The molecule has 0 fully saturated rings. The van der Waals surface area contributed by atoms with Gasteiger partial charge in [-0.2, -0.15) is 0 Å². The predicted molar refractivity (Wildman–Crippen MR) is 91.9 cm³/mol. The van der Waals surface area contributed by atoms with Crippen LogP contribution in [-0.4, -0.2) is 10.4 Å². The third-order valence-electron chi connectivity index (χ3n) is 3.62. The van der Waals surface area contributed by atoms with Crippen LogP contribution in [0.15, 0.2) is 79.5 Å². The number of hydrogen-bond donors (Lipinski definition) is 0. The number of aromatic nitrogens is 1. The van der Waals surface area contributed by atoms with Crippen LogP contribution in [0, 0.1) is 0 Å². The molecule has 0 saturated heterocycles. The fourth-order valence-corrected chi connectivity index (χ4v) is 2.56. The standard InChI is InChI=1S/C20H17NO/c1-2-14-21-15-17(18-10-6-7-11-19(18)21)12-13-20(22)16-8-4-3-5-9-16/h2-13,15H,1,14H2/b13-12+. The summed E-state index contributed by atoms with van der Waals surface area (Å²) in [5, 5.41) is 1.14. The lowest BCUT2D eigenvalue weighted by atomic mass is 10.1. The van der Waals surface area contributed by atoms with Gasteiger partial charge in [-0.1, -0.05) is 54.6 Å². The first kappa shape index (κ1) is 14.1. The lowest BCUT2D eigenvalue weighted by molar-refractivity contribution is 0.104. The summed E-state index contributed by atoms with van der Waals surface area (Å²) in [7, 11) is 0. The zero-order chi connectivity index (χ0) is 15.4. The van der Waals surface area contributed by atoms with Gasteiger partial charge in [0.1, 0.15) is 0 Å². The number of carbonyl (C=O) groups is 1. The highest BCUT2D eigenvalue weighted by Crippen LogP contribution is 2.22. The number of rotatable bonds is 5. The van der Waals surface area contributed by atoms with Crippen LogP contribution in [0.3, 0.4) is 0 Å². The van der Waals surface area contributed by atoms with E-state index in [0.717, 1.165) is 23.0 Å². The summed E-state index contributed by atoms with van der Waals surface area (Å²) in [5.74, 6) is 0.0150. The summed E-state index contributed by atoms with van der Waals surface area (Å²) in [5.41, 5.74) is 2.89. The van der Waals surface area contributed by atoms with Gasteiger partial charge in [0.2, 0.25) is 0 Å². The molecule has 0 saturated carbocycles. The monoisotopic (exact) mass is 287 g/mol. The molecule has 3 aromatic rings. The van der Waals surface area contributed by atoms with E-state index in [-0.39, 0.29) is 5.78 Å². The van der Waals surface area contributed by atoms with Gasteiger partial charge in [0.25, 0.3) is 0 Å². The van der Waals surface area contributed by atoms with Crippen LogP contribution < -0.4 is 0 Å². The lowest BCUT2D eigenvalue weighted by Gasteiger charge is -1.98. The molecule has 2 heteroatoms. The molecule has 0 N–H and O–H groups in total. The minimum Gasteiger partial charge on any atom is -0.343 e. The van der Waals surface area contributed by atoms with E-state index in [4.69, 9.17) is 0 Å². The van der Waals surface area contributed by atoms with Crippen LogP contribution in [0.25, 0.3) is 17.0 Å². The smallest absolute Gasteiger partial charge is 0.185 e. The molecule has 108 valence electrons. The van der Waals surface area contributed by atoms with Crippen molar-refractivity contribution in [1.29, 1.82) is 0 Å². The minimum absolute atomic E-state index is 0.0150. The summed E-state index contributed by atoms with van der Waals surface area (Å²) in [6, 6.07) is 17.5. The minimum atomic E-state index is 0.0150. The van der Waals surface area contributed by atoms with Crippen LogP contribution in [-0.2, 0) is 6.54 Å². The van der Waals surface area contributed by atoms with Gasteiger partial charge in [-0.25, -0.2) is 0 Å². The van der Waals surface area contributed by atoms with Gasteiger partial charge < -0.3 is 4.57 Å². The van der Waals surface area contributed by atoms with Crippen molar-refractivity contribution in [2.24, 2.45) is 0 Å². The molecule has 0 aliphatic heterocycles. The van der Waals surface area contributed by atoms with Crippen molar-refractivity contribution in [2.75, 3.05) is 0 Å². The van der Waals surface area contributed by atoms with E-state index in [0.29, 0.717) is 5.56 Å². The Morgan fingerprint density at radius 1 is 1.05 bits per heavy atom. The van der Waals surface area contributed by atoms with Crippen LogP contribution in [0.1, 0.15) is 15.9 Å². The SMILES string of the molecule is C=CCn1cc(/C=C/C(=O)c2ccccc2)c2ccccc21. The number of para-hydroxylation sites is 1. The Morgan fingerprint density at radius 2 is 1.77 bits per heavy atom. The zero-order valence-corrected chi connectivity index (χ0v) is 12.3. The van der Waals surface area contributed by atoms with Crippen LogP contribution in [0.2, 0.25) is 0 Å². The Hall–Kier alpha value is -2.87. The largest absolute Gasteiger partial charge is 0.343 e. The molecule has 2 nitrogen and oxygen atoms in total.